The summed E-state index contributed by atoms with van der Waals surface area (Å²) in [6.07, 6.45) is 0.685. The summed E-state index contributed by atoms with van der Waals surface area (Å²) in [6.45, 7) is 2.90. The minimum absolute atomic E-state index is 0.141. The third-order valence-corrected chi connectivity index (χ3v) is 8.30. The van der Waals surface area contributed by atoms with Crippen LogP contribution in [0.15, 0.2) is 77.7 Å². The van der Waals surface area contributed by atoms with Crippen LogP contribution in [0, 0.1) is 0 Å². The number of piperazine rings is 1. The molecule has 0 spiro atoms. The predicted molar refractivity (Wildman–Crippen MR) is 131 cm³/mol. The van der Waals surface area contributed by atoms with Gasteiger partial charge in [-0.3, -0.25) is 9.10 Å². The number of halogens is 1. The number of carbonyl (C=O) groups excluding carboxylic acids is 1. The second-order valence-electron chi connectivity index (χ2n) is 8.24. The maximum atomic E-state index is 13.4. The van der Waals surface area contributed by atoms with Crippen LogP contribution in [0.25, 0.3) is 0 Å². The smallest absolute Gasteiger partial charge is 0.264 e. The van der Waals surface area contributed by atoms with Crippen molar-refractivity contribution in [2.75, 3.05) is 41.9 Å². The van der Waals surface area contributed by atoms with E-state index < -0.39 is 10.0 Å². The highest BCUT2D eigenvalue weighted by Crippen LogP contribution is 2.33. The number of sulfonamides is 1. The van der Waals surface area contributed by atoms with Crippen LogP contribution in [0.1, 0.15) is 15.9 Å². The van der Waals surface area contributed by atoms with Gasteiger partial charge in [0.05, 0.1) is 10.6 Å². The van der Waals surface area contributed by atoms with Crippen molar-refractivity contribution in [1.29, 1.82) is 0 Å². The summed E-state index contributed by atoms with van der Waals surface area (Å²) < 4.78 is 28.2. The van der Waals surface area contributed by atoms with Crippen LogP contribution < -0.4 is 9.21 Å². The van der Waals surface area contributed by atoms with Crippen molar-refractivity contribution in [2.45, 2.75) is 11.3 Å². The van der Waals surface area contributed by atoms with E-state index in [9.17, 15) is 13.2 Å². The predicted octanol–water partition coefficient (Wildman–Crippen LogP) is 4.05. The molecule has 3 aromatic carbocycles. The minimum Gasteiger partial charge on any atom is -0.368 e. The van der Waals surface area contributed by atoms with Crippen LogP contribution in [0.4, 0.5) is 11.4 Å². The number of fused-ring (bicyclic) bond motifs is 1. The number of rotatable bonds is 4. The van der Waals surface area contributed by atoms with Crippen LogP contribution in [0.5, 0.6) is 0 Å². The number of para-hydroxylation sites is 1. The molecule has 0 aliphatic carbocycles. The fourth-order valence-corrected chi connectivity index (χ4v) is 6.23. The lowest BCUT2D eigenvalue weighted by molar-refractivity contribution is 0.0746. The maximum Gasteiger partial charge on any atom is 0.264 e. The van der Waals surface area contributed by atoms with Crippen molar-refractivity contribution in [3.63, 3.8) is 0 Å². The van der Waals surface area contributed by atoms with Gasteiger partial charge in [0.25, 0.3) is 15.9 Å². The summed E-state index contributed by atoms with van der Waals surface area (Å²) in [5.41, 5.74) is 3.16. The van der Waals surface area contributed by atoms with Gasteiger partial charge in [-0.15, -0.1) is 0 Å². The second-order valence-corrected chi connectivity index (χ2v) is 10.5. The summed E-state index contributed by atoms with van der Waals surface area (Å²) in [6, 6.07) is 21.6. The average molecular weight is 482 g/mol. The molecule has 1 fully saturated rings. The van der Waals surface area contributed by atoms with Gasteiger partial charge in [0.15, 0.2) is 0 Å². The Morgan fingerprint density at radius 3 is 2.36 bits per heavy atom. The van der Waals surface area contributed by atoms with E-state index in [2.05, 4.69) is 4.90 Å². The first kappa shape index (κ1) is 21.8. The topological polar surface area (TPSA) is 60.9 Å². The van der Waals surface area contributed by atoms with Gasteiger partial charge in [0.1, 0.15) is 0 Å². The van der Waals surface area contributed by atoms with Crippen molar-refractivity contribution in [3.8, 4) is 0 Å². The molecule has 1 saturated heterocycles. The Labute approximate surface area is 199 Å². The fourth-order valence-electron chi connectivity index (χ4n) is 4.50. The van der Waals surface area contributed by atoms with Crippen LogP contribution in [-0.4, -0.2) is 51.9 Å². The molecule has 5 rings (SSSR count). The normalized spacial score (nSPS) is 16.1. The molecule has 6 nitrogen and oxygen atoms in total. The highest BCUT2D eigenvalue weighted by Gasteiger charge is 2.31. The molecular formula is C25H24ClN3O3S. The molecule has 8 heteroatoms. The molecule has 2 heterocycles. The summed E-state index contributed by atoms with van der Waals surface area (Å²) in [5, 5.41) is 0.685. The van der Waals surface area contributed by atoms with Crippen LogP contribution in [0.3, 0.4) is 0 Å². The Morgan fingerprint density at radius 2 is 1.58 bits per heavy atom. The number of hydrogen-bond donors (Lipinski definition) is 0. The zero-order chi connectivity index (χ0) is 23.0. The van der Waals surface area contributed by atoms with Crippen molar-refractivity contribution in [1.82, 2.24) is 4.90 Å². The largest absolute Gasteiger partial charge is 0.368 e. The lowest BCUT2D eigenvalue weighted by atomic mass is 10.1. The van der Waals surface area contributed by atoms with Gasteiger partial charge in [-0.2, -0.15) is 0 Å². The van der Waals surface area contributed by atoms with E-state index >= 15 is 0 Å². The molecule has 170 valence electrons. The van der Waals surface area contributed by atoms with Gasteiger partial charge in [-0.25, -0.2) is 8.42 Å². The number of hydrogen-bond acceptors (Lipinski definition) is 4. The molecule has 33 heavy (non-hydrogen) atoms. The standard InChI is InChI=1S/C25H24ClN3O3S/c26-21-7-4-8-22(18-21)27-13-15-28(16-14-27)25(30)20-6-3-9-23(17-20)33(31,32)29-12-11-19-5-1-2-10-24(19)29/h1-10,17-18H,11-16H2. The van der Waals surface area contributed by atoms with E-state index in [0.29, 0.717) is 55.4 Å². The Morgan fingerprint density at radius 1 is 0.818 bits per heavy atom. The fraction of sp³-hybridized carbons (Fsp3) is 0.240. The number of nitrogens with zero attached hydrogens (tertiary/aromatic N) is 3. The molecule has 3 aromatic rings. The lowest BCUT2D eigenvalue weighted by Crippen LogP contribution is -2.48. The molecule has 2 aliphatic rings. The lowest BCUT2D eigenvalue weighted by Gasteiger charge is -2.36. The maximum absolute atomic E-state index is 13.4. The Bertz CT molecular complexity index is 1300. The van der Waals surface area contributed by atoms with Crippen molar-refractivity contribution < 1.29 is 13.2 Å². The van der Waals surface area contributed by atoms with E-state index in [0.717, 1.165) is 11.3 Å². The summed E-state index contributed by atoms with van der Waals surface area (Å²) in [4.78, 5) is 17.3. The third-order valence-electron chi connectivity index (χ3n) is 6.25. The van der Waals surface area contributed by atoms with Crippen LogP contribution in [-0.2, 0) is 16.4 Å². The molecule has 1 amide bonds. The minimum atomic E-state index is -3.75. The Hall–Kier alpha value is -3.03. The van der Waals surface area contributed by atoms with E-state index in [-0.39, 0.29) is 10.8 Å². The van der Waals surface area contributed by atoms with Gasteiger partial charge in [0.2, 0.25) is 0 Å². The molecule has 0 radical (unpaired) electrons. The molecule has 2 aliphatic heterocycles. The van der Waals surface area contributed by atoms with Gasteiger partial charge in [0, 0.05) is 49.0 Å². The number of amides is 1. The number of benzene rings is 3. The molecular weight excluding hydrogens is 458 g/mol. The first-order valence-corrected chi connectivity index (χ1v) is 12.8. The number of carbonyl (C=O) groups is 1. The second kappa shape index (κ2) is 8.72. The van der Waals surface area contributed by atoms with Crippen LogP contribution in [0.2, 0.25) is 5.02 Å². The van der Waals surface area contributed by atoms with Crippen LogP contribution >= 0.6 is 11.6 Å². The molecule has 0 atom stereocenters. The first-order valence-electron chi connectivity index (χ1n) is 10.9. The Kier molecular flexibility index (Phi) is 5.76. The zero-order valence-electron chi connectivity index (χ0n) is 18.0. The average Bonchev–Trinajstić information content (AvgIpc) is 3.29. The molecule has 0 unspecified atom stereocenters. The summed E-state index contributed by atoms with van der Waals surface area (Å²) in [7, 11) is -3.75. The van der Waals surface area contributed by atoms with Crippen molar-refractivity contribution in [2.24, 2.45) is 0 Å². The summed E-state index contributed by atoms with van der Waals surface area (Å²) in [5.74, 6) is -0.153. The van der Waals surface area contributed by atoms with Crippen molar-refractivity contribution in [3.05, 3.63) is 88.9 Å². The molecule has 0 saturated carbocycles. The van der Waals surface area contributed by atoms with Crippen molar-refractivity contribution >= 4 is 38.9 Å². The highest BCUT2D eigenvalue weighted by atomic mass is 35.5. The first-order chi connectivity index (χ1) is 15.9. The van der Waals surface area contributed by atoms with E-state index in [1.165, 1.54) is 10.4 Å². The molecule has 0 N–H and O–H groups in total. The van der Waals surface area contributed by atoms with E-state index in [1.807, 2.05) is 48.5 Å². The van der Waals surface area contributed by atoms with Gasteiger partial charge >= 0.3 is 0 Å². The third kappa shape index (κ3) is 4.18. The zero-order valence-corrected chi connectivity index (χ0v) is 19.6. The van der Waals surface area contributed by atoms with E-state index in [1.54, 1.807) is 23.1 Å². The van der Waals surface area contributed by atoms with E-state index in [4.69, 9.17) is 11.6 Å². The molecule has 0 aromatic heterocycles. The number of anilines is 2. The summed E-state index contributed by atoms with van der Waals surface area (Å²) >= 11 is 6.11. The monoisotopic (exact) mass is 481 g/mol. The SMILES string of the molecule is O=C(c1cccc(S(=O)(=O)N2CCc3ccccc32)c1)N1CCN(c2cccc(Cl)c2)CC1. The quantitative estimate of drug-likeness (QED) is 0.564. The Balaban J connectivity index is 1.32. The van der Waals surface area contributed by atoms with Gasteiger partial charge < -0.3 is 9.80 Å². The van der Waals surface area contributed by atoms with Gasteiger partial charge in [-0.1, -0.05) is 41.9 Å². The molecule has 0 bridgehead atoms. The highest BCUT2D eigenvalue weighted by molar-refractivity contribution is 7.92. The van der Waals surface area contributed by atoms with Gasteiger partial charge in [-0.05, 0) is 54.4 Å².